The van der Waals surface area contributed by atoms with Gasteiger partial charge in [0.15, 0.2) is 6.29 Å². The highest BCUT2D eigenvalue weighted by Gasteiger charge is 2.31. The number of fused-ring (bicyclic) bond motifs is 3. The number of hydrogen-bond donors (Lipinski definition) is 6. The summed E-state index contributed by atoms with van der Waals surface area (Å²) in [5, 5.41) is 22.7. The van der Waals surface area contributed by atoms with E-state index >= 15 is 0 Å². The van der Waals surface area contributed by atoms with Crippen LogP contribution in [0.1, 0.15) is 57.6 Å². The lowest BCUT2D eigenvalue weighted by atomic mass is 9.98. The molecule has 1 aliphatic rings. The zero-order valence-corrected chi connectivity index (χ0v) is 34.4. The number of ether oxygens (including phenoxy) is 5. The predicted molar refractivity (Wildman–Crippen MR) is 211 cm³/mol. The van der Waals surface area contributed by atoms with E-state index in [0.29, 0.717) is 0 Å². The number of rotatable bonds is 20. The SMILES string of the molecule is COC(=O)CNC(=O)[C@@H](CSC[C@H](NC(=O)OC(C)(C)C)C(O)OC)NC(=O)CC[C@@H](NC(=O)[C@H](C)NC(=O)OCC1c2ccccc2-c2ccccc21)C(=O)OC. The molecular formula is C39H53N5O13S. The van der Waals surface area contributed by atoms with Crippen molar-refractivity contribution in [2.24, 2.45) is 0 Å². The molecule has 2 aromatic carbocycles. The summed E-state index contributed by atoms with van der Waals surface area (Å²) in [5.74, 6) is -4.10. The maximum atomic E-state index is 13.1. The molecule has 19 heteroatoms. The van der Waals surface area contributed by atoms with E-state index in [9.17, 15) is 38.7 Å². The van der Waals surface area contributed by atoms with Gasteiger partial charge < -0.3 is 55.4 Å². The number of amides is 5. The highest BCUT2D eigenvalue weighted by Crippen LogP contribution is 2.44. The van der Waals surface area contributed by atoms with Crippen molar-refractivity contribution in [2.45, 2.75) is 82.5 Å². The average molecular weight is 832 g/mol. The summed E-state index contributed by atoms with van der Waals surface area (Å²) in [6.45, 7) is 5.92. The Kier molecular flexibility index (Phi) is 18.2. The number of thioether (sulfide) groups is 1. The Morgan fingerprint density at radius 1 is 0.776 bits per heavy atom. The second-order valence-electron chi connectivity index (χ2n) is 14.1. The second kappa shape index (κ2) is 22.5. The summed E-state index contributed by atoms with van der Waals surface area (Å²) in [7, 11) is 3.47. The summed E-state index contributed by atoms with van der Waals surface area (Å²) < 4.78 is 25.1. The van der Waals surface area contributed by atoms with E-state index in [1.54, 1.807) is 20.8 Å². The summed E-state index contributed by atoms with van der Waals surface area (Å²) >= 11 is 1.06. The number of esters is 2. The van der Waals surface area contributed by atoms with Gasteiger partial charge in [-0.3, -0.25) is 19.2 Å². The lowest BCUT2D eigenvalue weighted by Gasteiger charge is -2.26. The third-order valence-electron chi connectivity index (χ3n) is 8.69. The van der Waals surface area contributed by atoms with Gasteiger partial charge in [-0.05, 0) is 56.4 Å². The van der Waals surface area contributed by atoms with Crippen LogP contribution in [-0.2, 0) is 47.7 Å². The van der Waals surface area contributed by atoms with Crippen LogP contribution in [-0.4, -0.2) is 129 Å². The van der Waals surface area contributed by atoms with Crippen molar-refractivity contribution in [1.82, 2.24) is 26.6 Å². The average Bonchev–Trinajstić information content (AvgIpc) is 3.51. The molecule has 0 spiro atoms. The smallest absolute Gasteiger partial charge is 0.408 e. The molecule has 2 aromatic rings. The molecule has 0 radical (unpaired) electrons. The maximum absolute atomic E-state index is 13.1. The monoisotopic (exact) mass is 831 g/mol. The molecule has 0 saturated carbocycles. The zero-order chi connectivity index (χ0) is 43.0. The molecule has 0 saturated heterocycles. The molecule has 6 N–H and O–H groups in total. The van der Waals surface area contributed by atoms with E-state index in [1.165, 1.54) is 14.0 Å². The van der Waals surface area contributed by atoms with E-state index < -0.39 is 84.4 Å². The van der Waals surface area contributed by atoms with E-state index in [1.807, 2.05) is 48.5 Å². The summed E-state index contributed by atoms with van der Waals surface area (Å²) in [6.07, 6.45) is -3.73. The number of carbonyl (C=O) groups excluding carboxylic acids is 7. The van der Waals surface area contributed by atoms with Crippen LogP contribution in [0.2, 0.25) is 0 Å². The molecule has 1 aliphatic carbocycles. The molecule has 0 fully saturated rings. The van der Waals surface area contributed by atoms with Gasteiger partial charge >= 0.3 is 24.1 Å². The minimum atomic E-state index is -1.44. The Morgan fingerprint density at radius 3 is 1.97 bits per heavy atom. The number of carbonyl (C=O) groups is 7. The van der Waals surface area contributed by atoms with Gasteiger partial charge in [0.1, 0.15) is 36.9 Å². The summed E-state index contributed by atoms with van der Waals surface area (Å²) in [5.41, 5.74) is 3.33. The number of hydrogen-bond acceptors (Lipinski definition) is 14. The van der Waals surface area contributed by atoms with Crippen molar-refractivity contribution >= 4 is 53.6 Å². The number of methoxy groups -OCH3 is 3. The lowest BCUT2D eigenvalue weighted by Crippen LogP contribution is -2.52. The first kappa shape index (κ1) is 47.0. The normalized spacial score (nSPS) is 14.5. The highest BCUT2D eigenvalue weighted by molar-refractivity contribution is 7.99. The fraction of sp³-hybridized carbons (Fsp3) is 0.513. The topological polar surface area (TPSA) is 246 Å². The molecule has 318 valence electrons. The first-order valence-corrected chi connectivity index (χ1v) is 19.5. The lowest BCUT2D eigenvalue weighted by molar-refractivity contribution is -0.145. The van der Waals surface area contributed by atoms with Crippen LogP contribution in [0.15, 0.2) is 48.5 Å². The van der Waals surface area contributed by atoms with Gasteiger partial charge in [-0.2, -0.15) is 11.8 Å². The van der Waals surface area contributed by atoms with Crippen molar-refractivity contribution in [3.63, 3.8) is 0 Å². The quantitative estimate of drug-likeness (QED) is 0.0633. The van der Waals surface area contributed by atoms with Gasteiger partial charge in [0.25, 0.3) is 0 Å². The van der Waals surface area contributed by atoms with Crippen LogP contribution in [0.3, 0.4) is 0 Å². The van der Waals surface area contributed by atoms with Crippen LogP contribution in [0, 0.1) is 0 Å². The molecule has 58 heavy (non-hydrogen) atoms. The van der Waals surface area contributed by atoms with Gasteiger partial charge in [-0.1, -0.05) is 48.5 Å². The number of alkyl carbamates (subject to hydrolysis) is 2. The number of benzene rings is 2. The summed E-state index contributed by atoms with van der Waals surface area (Å²) in [6, 6.07) is 11.0. The molecule has 0 heterocycles. The van der Waals surface area contributed by atoms with Crippen LogP contribution in [0.25, 0.3) is 11.1 Å². The van der Waals surface area contributed by atoms with E-state index in [2.05, 4.69) is 31.3 Å². The second-order valence-corrected chi connectivity index (χ2v) is 15.2. The number of aliphatic hydroxyl groups is 1. The van der Waals surface area contributed by atoms with Crippen molar-refractivity contribution in [3.05, 3.63) is 59.7 Å². The van der Waals surface area contributed by atoms with Gasteiger partial charge in [0, 0.05) is 31.0 Å². The molecular weight excluding hydrogens is 779 g/mol. The Morgan fingerprint density at radius 2 is 1.40 bits per heavy atom. The molecule has 5 amide bonds. The van der Waals surface area contributed by atoms with Crippen LogP contribution in [0.5, 0.6) is 0 Å². The first-order chi connectivity index (χ1) is 27.5. The van der Waals surface area contributed by atoms with E-state index in [0.717, 1.165) is 48.2 Å². The zero-order valence-electron chi connectivity index (χ0n) is 33.6. The summed E-state index contributed by atoms with van der Waals surface area (Å²) in [4.78, 5) is 88.7. The fourth-order valence-electron chi connectivity index (χ4n) is 5.78. The Bertz CT molecular complexity index is 1730. The van der Waals surface area contributed by atoms with E-state index in [4.69, 9.17) is 18.9 Å². The largest absolute Gasteiger partial charge is 0.468 e. The van der Waals surface area contributed by atoms with Crippen molar-refractivity contribution in [2.75, 3.05) is 46.0 Å². The van der Waals surface area contributed by atoms with E-state index in [-0.39, 0.29) is 36.9 Å². The molecule has 1 unspecified atom stereocenters. The molecule has 0 bridgehead atoms. The third kappa shape index (κ3) is 14.5. The molecule has 5 atom stereocenters. The molecule has 0 aromatic heterocycles. The maximum Gasteiger partial charge on any atom is 0.408 e. The van der Waals surface area contributed by atoms with Crippen molar-refractivity contribution in [1.29, 1.82) is 0 Å². The van der Waals surface area contributed by atoms with Crippen LogP contribution in [0.4, 0.5) is 9.59 Å². The Hall–Kier alpha value is -5.40. The van der Waals surface area contributed by atoms with Crippen molar-refractivity contribution < 1.29 is 62.4 Å². The van der Waals surface area contributed by atoms with Crippen molar-refractivity contribution in [3.8, 4) is 11.1 Å². The Labute approximate surface area is 341 Å². The molecule has 3 rings (SSSR count). The minimum Gasteiger partial charge on any atom is -0.468 e. The van der Waals surface area contributed by atoms with Gasteiger partial charge in [0.05, 0.1) is 20.3 Å². The Balaban J connectivity index is 1.57. The number of nitrogens with one attached hydrogen (secondary N) is 5. The molecule has 18 nitrogen and oxygen atoms in total. The highest BCUT2D eigenvalue weighted by atomic mass is 32.2. The first-order valence-electron chi connectivity index (χ1n) is 18.4. The fourth-order valence-corrected chi connectivity index (χ4v) is 6.89. The molecule has 0 aliphatic heterocycles. The van der Waals surface area contributed by atoms with Crippen LogP contribution < -0.4 is 26.6 Å². The van der Waals surface area contributed by atoms with Gasteiger partial charge in [0.2, 0.25) is 17.7 Å². The van der Waals surface area contributed by atoms with Gasteiger partial charge in [-0.15, -0.1) is 0 Å². The standard InChI is InChI=1S/C39H53N5O13S/c1-22(41-37(51)56-19-27-25-14-10-8-12-23(25)24-13-9-11-15-26(24)27)33(47)43-28(35(49)54-6)16-17-31(45)42-29(34(48)40-18-32(46)53-5)20-58-21-30(36(50)55-7)44-38(52)57-39(2,3)4/h8-15,22,27-30,36,50H,16-21H2,1-7H3,(H,40,48)(H,41,51)(H,42,45)(H,43,47)(H,44,52)/t22-,28+,29+,30-,36?/m0/s1. The van der Waals surface area contributed by atoms with Gasteiger partial charge in [-0.25, -0.2) is 14.4 Å². The van der Waals surface area contributed by atoms with Crippen LogP contribution >= 0.6 is 11.8 Å². The third-order valence-corrected chi connectivity index (χ3v) is 9.85. The minimum absolute atomic E-state index is 0.00358. The number of aliphatic hydroxyl groups excluding tert-OH is 1. The predicted octanol–water partition coefficient (Wildman–Crippen LogP) is 1.72.